The number of carboxylic acid groups (broad SMARTS) is 3. The standard InChI is InChI=1S/C20H35N5O6/c1-20(2,3)25(16-19(30)31)12-10-22(5-4-21)6-7-23(14-17(26)27)8-9-24(11-13-25)15-18(28)29/h5-16H2,1-3H3,(H2-,26,27,28,29,30,31)/p+1. The average molecular weight is 443 g/mol. The first-order valence-electron chi connectivity index (χ1n) is 10.4. The fraction of sp³-hybridized carbons (Fsp3) is 0.800. The summed E-state index contributed by atoms with van der Waals surface area (Å²) in [5, 5.41) is 37.4. The van der Waals surface area contributed by atoms with Gasteiger partial charge in [0.05, 0.1) is 44.3 Å². The number of nitriles is 1. The van der Waals surface area contributed by atoms with E-state index in [2.05, 4.69) is 6.07 Å². The first kappa shape index (κ1) is 26.8. The van der Waals surface area contributed by atoms with E-state index in [1.807, 2.05) is 25.7 Å². The van der Waals surface area contributed by atoms with E-state index >= 15 is 0 Å². The molecule has 0 bridgehead atoms. The predicted octanol–water partition coefficient (Wildman–Crippen LogP) is -0.701. The second-order valence-corrected chi connectivity index (χ2v) is 9.09. The summed E-state index contributed by atoms with van der Waals surface area (Å²) in [7, 11) is 0. The quantitative estimate of drug-likeness (QED) is 0.342. The molecule has 1 saturated heterocycles. The lowest BCUT2D eigenvalue weighted by atomic mass is 10.00. The Hall–Kier alpha value is -2.26. The molecule has 1 atom stereocenters. The van der Waals surface area contributed by atoms with Crippen LogP contribution in [0, 0.1) is 11.3 Å². The second kappa shape index (κ2) is 12.0. The minimum atomic E-state index is -0.982. The van der Waals surface area contributed by atoms with Crippen molar-refractivity contribution in [3.05, 3.63) is 0 Å². The number of carboxylic acids is 3. The number of rotatable bonds is 7. The molecule has 1 fully saturated rings. The largest absolute Gasteiger partial charge is 0.480 e. The van der Waals surface area contributed by atoms with Gasteiger partial charge < -0.3 is 19.8 Å². The van der Waals surface area contributed by atoms with Crippen LogP contribution in [0.15, 0.2) is 0 Å². The molecule has 0 saturated carbocycles. The van der Waals surface area contributed by atoms with Crippen molar-refractivity contribution in [1.29, 1.82) is 5.26 Å². The molecule has 176 valence electrons. The normalized spacial score (nSPS) is 23.3. The Bertz CT molecular complexity index is 674. The van der Waals surface area contributed by atoms with Gasteiger partial charge in [-0.15, -0.1) is 0 Å². The molecule has 0 aromatic rings. The van der Waals surface area contributed by atoms with Crippen molar-refractivity contribution in [3.8, 4) is 6.07 Å². The van der Waals surface area contributed by atoms with Crippen LogP contribution < -0.4 is 0 Å². The molecular weight excluding hydrogens is 406 g/mol. The highest BCUT2D eigenvalue weighted by Gasteiger charge is 2.42. The van der Waals surface area contributed by atoms with Gasteiger partial charge in [-0.3, -0.25) is 24.3 Å². The highest BCUT2D eigenvalue weighted by molar-refractivity contribution is 5.69. The molecule has 11 heteroatoms. The molecule has 1 heterocycles. The van der Waals surface area contributed by atoms with Crippen LogP contribution in [0.5, 0.6) is 0 Å². The highest BCUT2D eigenvalue weighted by atomic mass is 16.4. The highest BCUT2D eigenvalue weighted by Crippen LogP contribution is 2.25. The average Bonchev–Trinajstić information content (AvgIpc) is 2.61. The van der Waals surface area contributed by atoms with Gasteiger partial charge in [0.15, 0.2) is 6.54 Å². The molecule has 0 radical (unpaired) electrons. The van der Waals surface area contributed by atoms with Crippen molar-refractivity contribution < 1.29 is 34.2 Å². The second-order valence-electron chi connectivity index (χ2n) is 9.09. The zero-order valence-electron chi connectivity index (χ0n) is 18.8. The third-order valence-electron chi connectivity index (χ3n) is 6.03. The summed E-state index contributed by atoms with van der Waals surface area (Å²) in [6, 6.07) is 2.14. The molecule has 1 unspecified atom stereocenters. The zero-order chi connectivity index (χ0) is 23.7. The SMILES string of the molecule is CC(C)(C)[N+]1(CC(=O)O)CCN(CC#N)CCN(CC(=O)O)CCN(CC(=O)O)CC1. The van der Waals surface area contributed by atoms with Crippen molar-refractivity contribution in [2.45, 2.75) is 26.3 Å². The smallest absolute Gasteiger partial charge is 0.359 e. The molecule has 1 rings (SSSR count). The van der Waals surface area contributed by atoms with Crippen LogP contribution in [0.4, 0.5) is 0 Å². The Kier molecular flexibility index (Phi) is 10.3. The van der Waals surface area contributed by atoms with Gasteiger partial charge in [0.25, 0.3) is 0 Å². The number of carbonyl (C=O) groups is 3. The first-order chi connectivity index (χ1) is 14.4. The van der Waals surface area contributed by atoms with Crippen LogP contribution in [0.25, 0.3) is 0 Å². The van der Waals surface area contributed by atoms with Crippen LogP contribution in [0.2, 0.25) is 0 Å². The topological polar surface area (TPSA) is 145 Å². The molecule has 0 aromatic heterocycles. The number of aliphatic carboxylic acids is 3. The lowest BCUT2D eigenvalue weighted by Gasteiger charge is -2.49. The summed E-state index contributed by atoms with van der Waals surface area (Å²) in [6.07, 6.45) is 0. The van der Waals surface area contributed by atoms with E-state index in [9.17, 15) is 35.0 Å². The van der Waals surface area contributed by atoms with Crippen molar-refractivity contribution in [2.75, 3.05) is 78.5 Å². The molecule has 0 spiro atoms. The monoisotopic (exact) mass is 442 g/mol. The van der Waals surface area contributed by atoms with Gasteiger partial charge in [-0.1, -0.05) is 0 Å². The maximum atomic E-state index is 11.8. The van der Waals surface area contributed by atoms with Crippen LogP contribution >= 0.6 is 0 Å². The van der Waals surface area contributed by atoms with Gasteiger partial charge in [0.1, 0.15) is 0 Å². The van der Waals surface area contributed by atoms with Crippen LogP contribution in [-0.2, 0) is 14.4 Å². The Labute approximate surface area is 183 Å². The van der Waals surface area contributed by atoms with Gasteiger partial charge >= 0.3 is 17.9 Å². The van der Waals surface area contributed by atoms with Gasteiger partial charge in [0, 0.05) is 39.3 Å². The molecule has 0 aromatic carbocycles. The fourth-order valence-corrected chi connectivity index (χ4v) is 3.96. The number of nitrogens with zero attached hydrogens (tertiary/aromatic N) is 5. The first-order valence-corrected chi connectivity index (χ1v) is 10.4. The third-order valence-corrected chi connectivity index (χ3v) is 6.03. The van der Waals surface area contributed by atoms with Crippen molar-refractivity contribution in [1.82, 2.24) is 14.7 Å². The van der Waals surface area contributed by atoms with E-state index < -0.39 is 23.4 Å². The minimum Gasteiger partial charge on any atom is -0.480 e. The van der Waals surface area contributed by atoms with E-state index in [-0.39, 0.29) is 30.7 Å². The van der Waals surface area contributed by atoms with Gasteiger partial charge in [-0.25, -0.2) is 4.79 Å². The predicted molar refractivity (Wildman–Crippen MR) is 112 cm³/mol. The van der Waals surface area contributed by atoms with Crippen LogP contribution in [0.1, 0.15) is 20.8 Å². The molecule has 0 aliphatic carbocycles. The van der Waals surface area contributed by atoms with E-state index in [0.29, 0.717) is 52.4 Å². The Morgan fingerprint density at radius 1 is 0.806 bits per heavy atom. The van der Waals surface area contributed by atoms with Gasteiger partial charge in [-0.2, -0.15) is 5.26 Å². The lowest BCUT2D eigenvalue weighted by molar-refractivity contribution is -0.963. The summed E-state index contributed by atoms with van der Waals surface area (Å²) in [5.41, 5.74) is -0.412. The Morgan fingerprint density at radius 2 is 1.23 bits per heavy atom. The van der Waals surface area contributed by atoms with E-state index in [4.69, 9.17) is 0 Å². The van der Waals surface area contributed by atoms with Crippen LogP contribution in [-0.4, -0.2) is 136 Å². The van der Waals surface area contributed by atoms with E-state index in [1.165, 1.54) is 0 Å². The molecule has 1 aliphatic heterocycles. The molecule has 31 heavy (non-hydrogen) atoms. The zero-order valence-corrected chi connectivity index (χ0v) is 18.8. The van der Waals surface area contributed by atoms with Crippen molar-refractivity contribution >= 4 is 17.9 Å². The molecular formula is C20H36N5O6+. The van der Waals surface area contributed by atoms with Gasteiger partial charge in [-0.05, 0) is 20.8 Å². The Morgan fingerprint density at radius 3 is 1.61 bits per heavy atom. The number of hydrogen-bond donors (Lipinski definition) is 3. The lowest BCUT2D eigenvalue weighted by Crippen LogP contribution is -2.66. The van der Waals surface area contributed by atoms with E-state index in [1.54, 1.807) is 9.80 Å². The summed E-state index contributed by atoms with van der Waals surface area (Å²) >= 11 is 0. The molecule has 3 N–H and O–H groups in total. The number of quaternary nitrogens is 1. The van der Waals surface area contributed by atoms with Crippen molar-refractivity contribution in [3.63, 3.8) is 0 Å². The van der Waals surface area contributed by atoms with Gasteiger partial charge in [0.2, 0.25) is 0 Å². The molecule has 11 nitrogen and oxygen atoms in total. The van der Waals surface area contributed by atoms with Crippen LogP contribution in [0.3, 0.4) is 0 Å². The van der Waals surface area contributed by atoms with Crippen molar-refractivity contribution in [2.24, 2.45) is 0 Å². The molecule has 1 aliphatic rings. The summed E-state index contributed by atoms with van der Waals surface area (Å²) < 4.78 is 0.249. The maximum Gasteiger partial charge on any atom is 0.359 e. The Balaban J connectivity index is 3.23. The van der Waals surface area contributed by atoms with E-state index in [0.717, 1.165) is 0 Å². The third kappa shape index (κ3) is 9.18. The fourth-order valence-electron chi connectivity index (χ4n) is 3.96. The summed E-state index contributed by atoms with van der Waals surface area (Å²) in [4.78, 5) is 39.8. The minimum absolute atomic E-state index is 0.101. The number of hydrogen-bond acceptors (Lipinski definition) is 7. The maximum absolute atomic E-state index is 11.8. The summed E-state index contributed by atoms with van der Waals surface area (Å²) in [6.45, 7) is 9.03. The molecule has 0 amide bonds. The summed E-state index contributed by atoms with van der Waals surface area (Å²) in [5.74, 6) is -2.87.